The Balaban J connectivity index is 1.55. The van der Waals surface area contributed by atoms with Crippen LogP contribution in [0.5, 0.6) is 0 Å². The lowest BCUT2D eigenvalue weighted by Crippen LogP contribution is -2.30. The van der Waals surface area contributed by atoms with Crippen LogP contribution in [0.15, 0.2) is 53.7 Å². The topological polar surface area (TPSA) is 63.1 Å². The van der Waals surface area contributed by atoms with E-state index < -0.39 is 0 Å². The van der Waals surface area contributed by atoms with E-state index in [-0.39, 0.29) is 11.2 Å². The van der Waals surface area contributed by atoms with Gasteiger partial charge in [0.15, 0.2) is 11.0 Å². The summed E-state index contributed by atoms with van der Waals surface area (Å²) in [5, 5.41) is 12.6. The van der Waals surface area contributed by atoms with Gasteiger partial charge in [-0.15, -0.1) is 10.2 Å². The first-order chi connectivity index (χ1) is 15.5. The summed E-state index contributed by atoms with van der Waals surface area (Å²) in [5.41, 5.74) is 4.04. The van der Waals surface area contributed by atoms with Crippen LogP contribution in [0.25, 0.3) is 5.69 Å². The summed E-state index contributed by atoms with van der Waals surface area (Å²) in [4.78, 5) is 15.4. The number of aryl methyl sites for hydroxylation is 2. The van der Waals surface area contributed by atoms with Crippen molar-refractivity contribution in [2.24, 2.45) is 0 Å². The van der Waals surface area contributed by atoms with Gasteiger partial charge in [-0.1, -0.05) is 54.6 Å². The van der Waals surface area contributed by atoms with E-state index in [0.717, 1.165) is 53.1 Å². The van der Waals surface area contributed by atoms with E-state index in [4.69, 9.17) is 0 Å². The number of benzene rings is 2. The van der Waals surface area contributed by atoms with Gasteiger partial charge in [0.1, 0.15) is 0 Å². The van der Waals surface area contributed by atoms with Crippen molar-refractivity contribution >= 4 is 23.4 Å². The molecule has 6 nitrogen and oxygen atoms in total. The summed E-state index contributed by atoms with van der Waals surface area (Å²) < 4.78 is 2.10. The molecule has 1 aliphatic heterocycles. The van der Waals surface area contributed by atoms with Crippen molar-refractivity contribution in [2.45, 2.75) is 57.0 Å². The second-order valence-electron chi connectivity index (χ2n) is 8.42. The van der Waals surface area contributed by atoms with Gasteiger partial charge in [-0.3, -0.25) is 14.3 Å². The minimum atomic E-state index is -0.316. The number of rotatable bonds is 7. The molecule has 0 radical (unpaired) electrons. The minimum absolute atomic E-state index is 0.0346. The molecule has 3 aromatic rings. The molecule has 1 unspecified atom stereocenters. The van der Waals surface area contributed by atoms with Gasteiger partial charge in [0.05, 0.1) is 11.8 Å². The average Bonchev–Trinajstić information content (AvgIpc) is 3.19. The molecule has 0 aliphatic carbocycles. The van der Waals surface area contributed by atoms with Gasteiger partial charge < -0.3 is 5.32 Å². The molecule has 2 aromatic carbocycles. The van der Waals surface area contributed by atoms with Crippen LogP contribution in [0.1, 0.15) is 43.1 Å². The predicted octanol–water partition coefficient (Wildman–Crippen LogP) is 4.99. The lowest BCUT2D eigenvalue weighted by atomic mass is 10.1. The van der Waals surface area contributed by atoms with Gasteiger partial charge in [0.2, 0.25) is 5.91 Å². The highest BCUT2D eigenvalue weighted by molar-refractivity contribution is 8.00. The zero-order valence-corrected chi connectivity index (χ0v) is 19.9. The van der Waals surface area contributed by atoms with Crippen molar-refractivity contribution in [3.63, 3.8) is 0 Å². The van der Waals surface area contributed by atoms with Crippen molar-refractivity contribution in [1.29, 1.82) is 0 Å². The number of aromatic nitrogens is 3. The molecular formula is C25H31N5OS. The number of hydrogen-bond donors (Lipinski definition) is 1. The van der Waals surface area contributed by atoms with Gasteiger partial charge in [-0.05, 0) is 70.0 Å². The summed E-state index contributed by atoms with van der Waals surface area (Å²) in [6.45, 7) is 8.91. The third-order valence-corrected chi connectivity index (χ3v) is 6.95. The highest BCUT2D eigenvalue weighted by Gasteiger charge is 2.23. The molecule has 1 aliphatic rings. The number of anilines is 1. The molecule has 4 rings (SSSR count). The maximum absolute atomic E-state index is 13.0. The highest BCUT2D eigenvalue weighted by Crippen LogP contribution is 2.28. The fourth-order valence-corrected chi connectivity index (χ4v) is 4.97. The number of carbonyl (C=O) groups excluding carboxylic acids is 1. The second kappa shape index (κ2) is 10.3. The lowest BCUT2D eigenvalue weighted by Gasteiger charge is -2.26. The predicted molar refractivity (Wildman–Crippen MR) is 130 cm³/mol. The van der Waals surface area contributed by atoms with Crippen LogP contribution < -0.4 is 5.32 Å². The molecule has 1 amide bonds. The molecule has 1 atom stereocenters. The van der Waals surface area contributed by atoms with Crippen molar-refractivity contribution in [1.82, 2.24) is 19.7 Å². The first-order valence-electron chi connectivity index (χ1n) is 11.3. The minimum Gasteiger partial charge on any atom is -0.325 e. The Bertz CT molecular complexity index is 1040. The largest absolute Gasteiger partial charge is 0.325 e. The number of thioether (sulfide) groups is 1. The van der Waals surface area contributed by atoms with E-state index in [1.807, 2.05) is 57.2 Å². The molecule has 1 N–H and O–H groups in total. The Kier molecular flexibility index (Phi) is 7.27. The summed E-state index contributed by atoms with van der Waals surface area (Å²) in [6.07, 6.45) is 3.77. The van der Waals surface area contributed by atoms with Crippen molar-refractivity contribution in [3.8, 4) is 5.69 Å². The molecule has 32 heavy (non-hydrogen) atoms. The molecule has 1 saturated heterocycles. The SMILES string of the molecule is Cc1cccc(C)c1NC(=O)C(C)Sc1nnc(CN2CCCCC2)n1-c1ccccc1. The standard InChI is InChI=1S/C25H31N5OS/c1-18-11-10-12-19(2)23(18)26-24(31)20(3)32-25-28-27-22(17-29-15-8-5-9-16-29)30(25)21-13-6-4-7-14-21/h4,6-7,10-14,20H,5,8-9,15-17H2,1-3H3,(H,26,31). The number of para-hydroxylation sites is 2. The lowest BCUT2D eigenvalue weighted by molar-refractivity contribution is -0.115. The monoisotopic (exact) mass is 449 g/mol. The summed E-state index contributed by atoms with van der Waals surface area (Å²) >= 11 is 1.45. The van der Waals surface area contributed by atoms with E-state index in [0.29, 0.717) is 0 Å². The Morgan fingerprint density at radius 1 is 1.00 bits per heavy atom. The van der Waals surface area contributed by atoms with Crippen LogP contribution in [-0.4, -0.2) is 43.9 Å². The van der Waals surface area contributed by atoms with Crippen LogP contribution >= 0.6 is 11.8 Å². The molecule has 0 bridgehead atoms. The second-order valence-corrected chi connectivity index (χ2v) is 9.73. The maximum atomic E-state index is 13.0. The van der Waals surface area contributed by atoms with Gasteiger partial charge in [0.25, 0.3) is 0 Å². The van der Waals surface area contributed by atoms with E-state index in [2.05, 4.69) is 37.1 Å². The average molecular weight is 450 g/mol. The number of hydrogen-bond acceptors (Lipinski definition) is 5. The first-order valence-corrected chi connectivity index (χ1v) is 12.2. The van der Waals surface area contributed by atoms with Crippen LogP contribution in [0.2, 0.25) is 0 Å². The van der Waals surface area contributed by atoms with Crippen molar-refractivity contribution in [2.75, 3.05) is 18.4 Å². The first kappa shape index (κ1) is 22.6. The Hall–Kier alpha value is -2.64. The maximum Gasteiger partial charge on any atom is 0.237 e. The number of amides is 1. The summed E-state index contributed by atoms with van der Waals surface area (Å²) in [7, 11) is 0. The fourth-order valence-electron chi connectivity index (χ4n) is 4.08. The van der Waals surface area contributed by atoms with Gasteiger partial charge in [-0.2, -0.15) is 0 Å². The Morgan fingerprint density at radius 2 is 1.69 bits per heavy atom. The zero-order valence-electron chi connectivity index (χ0n) is 19.0. The summed E-state index contributed by atoms with van der Waals surface area (Å²) in [5.74, 6) is 0.885. The Labute approximate surface area is 194 Å². The quantitative estimate of drug-likeness (QED) is 0.515. The molecule has 168 valence electrons. The van der Waals surface area contributed by atoms with Crippen LogP contribution in [0.4, 0.5) is 5.69 Å². The molecule has 2 heterocycles. The third-order valence-electron chi connectivity index (χ3n) is 5.91. The van der Waals surface area contributed by atoms with Gasteiger partial charge >= 0.3 is 0 Å². The van der Waals surface area contributed by atoms with E-state index in [1.165, 1.54) is 31.0 Å². The van der Waals surface area contributed by atoms with Crippen LogP contribution in [-0.2, 0) is 11.3 Å². The number of piperidine rings is 1. The van der Waals surface area contributed by atoms with E-state index in [1.54, 1.807) is 0 Å². The zero-order chi connectivity index (χ0) is 22.5. The molecule has 1 fully saturated rings. The number of carbonyl (C=O) groups is 1. The van der Waals surface area contributed by atoms with Gasteiger partial charge in [0, 0.05) is 11.4 Å². The molecule has 7 heteroatoms. The smallest absolute Gasteiger partial charge is 0.237 e. The van der Waals surface area contributed by atoms with Crippen LogP contribution in [0, 0.1) is 13.8 Å². The molecule has 1 aromatic heterocycles. The van der Waals surface area contributed by atoms with E-state index in [9.17, 15) is 4.79 Å². The van der Waals surface area contributed by atoms with E-state index >= 15 is 0 Å². The number of nitrogens with one attached hydrogen (secondary N) is 1. The molecule has 0 spiro atoms. The van der Waals surface area contributed by atoms with Gasteiger partial charge in [-0.25, -0.2) is 0 Å². The molecular weight excluding hydrogens is 418 g/mol. The van der Waals surface area contributed by atoms with Crippen LogP contribution in [0.3, 0.4) is 0 Å². The fraction of sp³-hybridized carbons (Fsp3) is 0.400. The summed E-state index contributed by atoms with van der Waals surface area (Å²) in [6, 6.07) is 16.2. The number of likely N-dealkylation sites (tertiary alicyclic amines) is 1. The normalized spacial score (nSPS) is 15.5. The number of nitrogens with zero attached hydrogens (tertiary/aromatic N) is 4. The Morgan fingerprint density at radius 3 is 2.38 bits per heavy atom. The third kappa shape index (κ3) is 5.22. The van der Waals surface area contributed by atoms with Crippen molar-refractivity contribution < 1.29 is 4.79 Å². The highest BCUT2D eigenvalue weighted by atomic mass is 32.2. The van der Waals surface area contributed by atoms with Crippen molar-refractivity contribution in [3.05, 3.63) is 65.5 Å². The molecule has 0 saturated carbocycles.